The molecule has 6 nitrogen and oxygen atoms in total. The van der Waals surface area contributed by atoms with Crippen LogP contribution in [0.15, 0.2) is 65.8 Å². The first-order valence-corrected chi connectivity index (χ1v) is 10.7. The second-order valence-electron chi connectivity index (χ2n) is 7.98. The van der Waals surface area contributed by atoms with Crippen molar-refractivity contribution in [1.29, 1.82) is 0 Å². The Morgan fingerprint density at radius 1 is 1.09 bits per heavy atom. The number of anilines is 2. The molecule has 2 aromatic carbocycles. The maximum Gasteiger partial charge on any atom is 0.244 e. The van der Waals surface area contributed by atoms with E-state index < -0.39 is 0 Å². The van der Waals surface area contributed by atoms with Crippen LogP contribution in [0, 0.1) is 13.8 Å². The van der Waals surface area contributed by atoms with Gasteiger partial charge in [-0.25, -0.2) is 9.98 Å². The van der Waals surface area contributed by atoms with Gasteiger partial charge >= 0.3 is 0 Å². The Labute approximate surface area is 188 Å². The van der Waals surface area contributed by atoms with Crippen molar-refractivity contribution in [1.82, 2.24) is 4.98 Å². The molecule has 32 heavy (non-hydrogen) atoms. The summed E-state index contributed by atoms with van der Waals surface area (Å²) in [5.74, 6) is -0.0925. The molecule has 1 aromatic heterocycles. The van der Waals surface area contributed by atoms with E-state index in [1.807, 2.05) is 62.4 Å². The van der Waals surface area contributed by atoms with Gasteiger partial charge in [0.1, 0.15) is 12.2 Å². The normalized spacial score (nSPS) is 13.3. The quantitative estimate of drug-likeness (QED) is 0.639. The first-order valence-electron chi connectivity index (χ1n) is 10.7. The van der Waals surface area contributed by atoms with E-state index in [4.69, 9.17) is 4.99 Å². The Bertz CT molecular complexity index is 1200. The summed E-state index contributed by atoms with van der Waals surface area (Å²) in [6.07, 6.45) is 2.65. The molecule has 0 radical (unpaired) electrons. The van der Waals surface area contributed by atoms with Crippen molar-refractivity contribution in [3.63, 3.8) is 0 Å². The van der Waals surface area contributed by atoms with Crippen molar-refractivity contribution in [2.45, 2.75) is 33.6 Å². The Morgan fingerprint density at radius 3 is 2.62 bits per heavy atom. The molecule has 1 aliphatic rings. The van der Waals surface area contributed by atoms with Gasteiger partial charge in [0.2, 0.25) is 11.8 Å². The summed E-state index contributed by atoms with van der Waals surface area (Å²) in [5.41, 5.74) is 6.12. The molecule has 3 aromatic rings. The zero-order valence-corrected chi connectivity index (χ0v) is 18.6. The highest BCUT2D eigenvalue weighted by Gasteiger charge is 2.27. The minimum atomic E-state index is -0.278. The predicted molar refractivity (Wildman–Crippen MR) is 128 cm³/mol. The lowest BCUT2D eigenvalue weighted by molar-refractivity contribution is -0.120. The van der Waals surface area contributed by atoms with E-state index in [1.165, 1.54) is 10.5 Å². The van der Waals surface area contributed by atoms with Crippen molar-refractivity contribution in [2.24, 2.45) is 4.99 Å². The molecule has 0 saturated carbocycles. The molecule has 162 valence electrons. The molecule has 1 aliphatic heterocycles. The number of benzene rings is 2. The minimum absolute atomic E-state index is 0.0958. The lowest BCUT2D eigenvalue weighted by Gasteiger charge is -2.21. The van der Waals surface area contributed by atoms with E-state index in [9.17, 15) is 9.59 Å². The average molecular weight is 427 g/mol. The summed E-state index contributed by atoms with van der Waals surface area (Å²) < 4.78 is 0. The van der Waals surface area contributed by atoms with Crippen LogP contribution < -0.4 is 10.2 Å². The molecule has 0 atom stereocenters. The molecular weight excluding hydrogens is 400 g/mol. The smallest absolute Gasteiger partial charge is 0.244 e. The van der Waals surface area contributed by atoms with Gasteiger partial charge < -0.3 is 5.32 Å². The molecule has 0 bridgehead atoms. The van der Waals surface area contributed by atoms with Crippen LogP contribution in [0.3, 0.4) is 0 Å². The molecule has 0 spiro atoms. The third kappa shape index (κ3) is 4.59. The third-order valence-electron chi connectivity index (χ3n) is 5.56. The number of fused-ring (bicyclic) bond motifs is 1. The van der Waals surface area contributed by atoms with Gasteiger partial charge in [-0.1, -0.05) is 43.3 Å². The van der Waals surface area contributed by atoms with Crippen LogP contribution in [-0.2, 0) is 16.0 Å². The SMILES string of the molecule is CCc1ccc(C2=Nc3cccnc3N(CC(=O)Nc3cc(C)ccc3C)C(=O)C2)cc1. The highest BCUT2D eigenvalue weighted by Crippen LogP contribution is 2.31. The van der Waals surface area contributed by atoms with Crippen molar-refractivity contribution >= 4 is 34.7 Å². The fourth-order valence-corrected chi connectivity index (χ4v) is 3.69. The van der Waals surface area contributed by atoms with Crippen LogP contribution in [0.25, 0.3) is 0 Å². The standard InChI is InChI=1S/C26H26N4O2/c1-4-19-9-11-20(12-10-19)23-15-25(32)30(26-21(28-23)6-5-13-27-26)16-24(31)29-22-14-17(2)7-8-18(22)3/h5-14H,4,15-16H2,1-3H3,(H,29,31). The number of hydrogen-bond acceptors (Lipinski definition) is 4. The first kappa shape index (κ1) is 21.4. The fourth-order valence-electron chi connectivity index (χ4n) is 3.69. The number of rotatable bonds is 5. The molecule has 2 amide bonds. The van der Waals surface area contributed by atoms with E-state index in [-0.39, 0.29) is 24.8 Å². The summed E-state index contributed by atoms with van der Waals surface area (Å²) in [5, 5.41) is 2.93. The molecule has 2 heterocycles. The highest BCUT2D eigenvalue weighted by molar-refractivity contribution is 6.18. The number of aryl methyl sites for hydroxylation is 3. The van der Waals surface area contributed by atoms with Crippen LogP contribution in [-0.4, -0.2) is 29.1 Å². The number of pyridine rings is 1. The van der Waals surface area contributed by atoms with Crippen molar-refractivity contribution in [3.8, 4) is 0 Å². The molecule has 0 aliphatic carbocycles. The largest absolute Gasteiger partial charge is 0.324 e. The second-order valence-corrected chi connectivity index (χ2v) is 7.98. The summed E-state index contributed by atoms with van der Waals surface area (Å²) in [6.45, 7) is 5.88. The van der Waals surface area contributed by atoms with Crippen molar-refractivity contribution in [2.75, 3.05) is 16.8 Å². The number of aliphatic imine (C=N–C) groups is 1. The Balaban J connectivity index is 1.60. The van der Waals surface area contributed by atoms with Crippen LogP contribution >= 0.6 is 0 Å². The Hall–Kier alpha value is -3.80. The van der Waals surface area contributed by atoms with Gasteiger partial charge in [-0.3, -0.25) is 14.5 Å². The summed E-state index contributed by atoms with van der Waals surface area (Å²) >= 11 is 0. The van der Waals surface area contributed by atoms with Crippen LogP contribution in [0.4, 0.5) is 17.2 Å². The van der Waals surface area contributed by atoms with Gasteiger partial charge in [0.05, 0.1) is 12.1 Å². The van der Waals surface area contributed by atoms with Gasteiger partial charge in [-0.2, -0.15) is 0 Å². The molecule has 0 fully saturated rings. The number of carbonyl (C=O) groups is 2. The molecule has 6 heteroatoms. The monoisotopic (exact) mass is 426 g/mol. The van der Waals surface area contributed by atoms with Crippen molar-refractivity contribution in [3.05, 3.63) is 83.0 Å². The number of aromatic nitrogens is 1. The Kier molecular flexibility index (Phi) is 6.12. The van der Waals surface area contributed by atoms with E-state index in [0.29, 0.717) is 17.2 Å². The highest BCUT2D eigenvalue weighted by atomic mass is 16.2. The lowest BCUT2D eigenvalue weighted by Crippen LogP contribution is -2.39. The zero-order chi connectivity index (χ0) is 22.7. The second kappa shape index (κ2) is 9.14. The zero-order valence-electron chi connectivity index (χ0n) is 18.6. The molecule has 0 saturated heterocycles. The van der Waals surface area contributed by atoms with Gasteiger partial charge in [0.15, 0.2) is 5.82 Å². The number of hydrogen-bond donors (Lipinski definition) is 1. The lowest BCUT2D eigenvalue weighted by atomic mass is 10.0. The molecule has 4 rings (SSSR count). The Morgan fingerprint density at radius 2 is 1.88 bits per heavy atom. The third-order valence-corrected chi connectivity index (χ3v) is 5.56. The van der Waals surface area contributed by atoms with E-state index in [0.717, 1.165) is 28.8 Å². The summed E-state index contributed by atoms with van der Waals surface area (Å²) in [7, 11) is 0. The van der Waals surface area contributed by atoms with Gasteiger partial charge in [0.25, 0.3) is 0 Å². The number of nitrogens with zero attached hydrogens (tertiary/aromatic N) is 3. The molecular formula is C26H26N4O2. The molecule has 0 unspecified atom stereocenters. The number of nitrogens with one attached hydrogen (secondary N) is 1. The summed E-state index contributed by atoms with van der Waals surface area (Å²) in [4.78, 5) is 36.6. The fraction of sp³-hybridized carbons (Fsp3) is 0.231. The van der Waals surface area contributed by atoms with Gasteiger partial charge in [-0.15, -0.1) is 0 Å². The maximum absolute atomic E-state index is 13.2. The van der Waals surface area contributed by atoms with Crippen molar-refractivity contribution < 1.29 is 9.59 Å². The van der Waals surface area contributed by atoms with Gasteiger partial charge in [0, 0.05) is 11.9 Å². The predicted octanol–water partition coefficient (Wildman–Crippen LogP) is 4.76. The topological polar surface area (TPSA) is 74.7 Å². The molecule has 1 N–H and O–H groups in total. The van der Waals surface area contributed by atoms with Gasteiger partial charge in [-0.05, 0) is 60.7 Å². The van der Waals surface area contributed by atoms with Crippen LogP contribution in [0.1, 0.15) is 35.6 Å². The number of amides is 2. The van der Waals surface area contributed by atoms with E-state index >= 15 is 0 Å². The summed E-state index contributed by atoms with van der Waals surface area (Å²) in [6, 6.07) is 17.6. The van der Waals surface area contributed by atoms with Crippen LogP contribution in [0.5, 0.6) is 0 Å². The number of carbonyl (C=O) groups excluding carboxylic acids is 2. The average Bonchev–Trinajstić information content (AvgIpc) is 2.93. The van der Waals surface area contributed by atoms with E-state index in [1.54, 1.807) is 12.3 Å². The maximum atomic E-state index is 13.2. The van der Waals surface area contributed by atoms with E-state index in [2.05, 4.69) is 17.2 Å². The first-order chi connectivity index (χ1) is 15.4. The minimum Gasteiger partial charge on any atom is -0.324 e. The van der Waals surface area contributed by atoms with Crippen LogP contribution in [0.2, 0.25) is 0 Å².